The first-order chi connectivity index (χ1) is 7.37. The Balaban J connectivity index is 2.21. The largest absolute Gasteiger partial charge is 0.443 e. The lowest BCUT2D eigenvalue weighted by Crippen LogP contribution is -2.49. The molecule has 0 spiro atoms. The molecule has 1 heterocycles. The van der Waals surface area contributed by atoms with E-state index >= 15 is 0 Å². The number of nitrogens with one attached hydrogen (secondary N) is 2. The highest BCUT2D eigenvalue weighted by Gasteiger charge is 2.21. The maximum absolute atomic E-state index is 11.4. The molecule has 0 aliphatic carbocycles. The van der Waals surface area contributed by atoms with Crippen molar-refractivity contribution in [3.63, 3.8) is 0 Å². The van der Waals surface area contributed by atoms with Gasteiger partial charge in [0.1, 0.15) is 5.60 Å². The van der Waals surface area contributed by atoms with Crippen molar-refractivity contribution >= 4 is 6.09 Å². The molecule has 2 N–H and O–H groups in total. The Morgan fingerprint density at radius 3 is 2.69 bits per heavy atom. The molecule has 1 rings (SSSR count). The van der Waals surface area contributed by atoms with Gasteiger partial charge in [-0.25, -0.2) is 10.2 Å². The molecule has 1 aliphatic heterocycles. The third-order valence-electron chi connectivity index (χ3n) is 2.26. The van der Waals surface area contributed by atoms with Crippen LogP contribution in [0.3, 0.4) is 0 Å². The number of amides is 1. The summed E-state index contributed by atoms with van der Waals surface area (Å²) in [6.45, 7) is 8.27. The molecule has 5 heteroatoms. The quantitative estimate of drug-likeness (QED) is 0.707. The SMILES string of the molecule is C[C@H]1C[C@H](NNC(=O)OC(C)(C)C)CCO1. The second-order valence-corrected chi connectivity index (χ2v) is 5.17. The van der Waals surface area contributed by atoms with E-state index in [-0.39, 0.29) is 12.1 Å². The molecule has 5 nitrogen and oxygen atoms in total. The topological polar surface area (TPSA) is 59.6 Å². The minimum Gasteiger partial charge on any atom is -0.443 e. The molecular weight excluding hydrogens is 208 g/mol. The normalized spacial score (nSPS) is 26.2. The van der Waals surface area contributed by atoms with Gasteiger partial charge >= 0.3 is 6.09 Å². The number of hydrogen-bond donors (Lipinski definition) is 2. The van der Waals surface area contributed by atoms with E-state index in [1.165, 1.54) is 0 Å². The highest BCUT2D eigenvalue weighted by molar-refractivity contribution is 5.67. The smallest absolute Gasteiger partial charge is 0.422 e. The molecule has 2 atom stereocenters. The van der Waals surface area contributed by atoms with E-state index in [9.17, 15) is 4.79 Å². The summed E-state index contributed by atoms with van der Waals surface area (Å²) in [5.41, 5.74) is 5.07. The molecule has 1 amide bonds. The Labute approximate surface area is 96.8 Å². The monoisotopic (exact) mass is 230 g/mol. The van der Waals surface area contributed by atoms with Crippen molar-refractivity contribution in [2.45, 2.75) is 58.3 Å². The van der Waals surface area contributed by atoms with Gasteiger partial charge in [0.2, 0.25) is 0 Å². The molecular formula is C11H22N2O3. The van der Waals surface area contributed by atoms with E-state index < -0.39 is 11.7 Å². The zero-order valence-corrected chi connectivity index (χ0v) is 10.5. The van der Waals surface area contributed by atoms with Crippen LogP contribution in [-0.2, 0) is 9.47 Å². The van der Waals surface area contributed by atoms with Crippen LogP contribution in [-0.4, -0.2) is 30.4 Å². The van der Waals surface area contributed by atoms with Crippen molar-refractivity contribution in [1.82, 2.24) is 10.9 Å². The lowest BCUT2D eigenvalue weighted by Gasteiger charge is -2.28. The molecule has 94 valence electrons. The second kappa shape index (κ2) is 5.50. The summed E-state index contributed by atoms with van der Waals surface area (Å²) >= 11 is 0. The van der Waals surface area contributed by atoms with Gasteiger partial charge in [-0.15, -0.1) is 0 Å². The molecule has 0 saturated carbocycles. The molecule has 0 aromatic heterocycles. The van der Waals surface area contributed by atoms with Crippen LogP contribution in [0.1, 0.15) is 40.5 Å². The number of carbonyl (C=O) groups excluding carboxylic acids is 1. The van der Waals surface area contributed by atoms with Gasteiger partial charge < -0.3 is 9.47 Å². The Kier molecular flexibility index (Phi) is 4.56. The van der Waals surface area contributed by atoms with E-state index in [0.29, 0.717) is 0 Å². The van der Waals surface area contributed by atoms with Gasteiger partial charge in [0, 0.05) is 12.6 Å². The van der Waals surface area contributed by atoms with Gasteiger partial charge in [0.05, 0.1) is 6.10 Å². The highest BCUT2D eigenvalue weighted by atomic mass is 16.6. The Hall–Kier alpha value is -0.810. The van der Waals surface area contributed by atoms with Crippen LogP contribution in [0.25, 0.3) is 0 Å². The summed E-state index contributed by atoms with van der Waals surface area (Å²) in [5, 5.41) is 0. The van der Waals surface area contributed by atoms with Crippen LogP contribution in [0.2, 0.25) is 0 Å². The second-order valence-electron chi connectivity index (χ2n) is 5.17. The maximum Gasteiger partial charge on any atom is 0.422 e. The van der Waals surface area contributed by atoms with Crippen molar-refractivity contribution in [1.29, 1.82) is 0 Å². The summed E-state index contributed by atoms with van der Waals surface area (Å²) in [5.74, 6) is 0. The predicted molar refractivity (Wildman–Crippen MR) is 60.9 cm³/mol. The summed E-state index contributed by atoms with van der Waals surface area (Å²) in [6, 6.07) is 0.260. The first-order valence-corrected chi connectivity index (χ1v) is 5.73. The van der Waals surface area contributed by atoms with E-state index in [0.717, 1.165) is 19.4 Å². The van der Waals surface area contributed by atoms with E-state index in [2.05, 4.69) is 10.9 Å². The molecule has 1 aliphatic rings. The van der Waals surface area contributed by atoms with Gasteiger partial charge in [0.15, 0.2) is 0 Å². The average molecular weight is 230 g/mol. The van der Waals surface area contributed by atoms with E-state index in [1.807, 2.05) is 27.7 Å². The fourth-order valence-electron chi connectivity index (χ4n) is 1.59. The van der Waals surface area contributed by atoms with E-state index in [4.69, 9.17) is 9.47 Å². The summed E-state index contributed by atoms with van der Waals surface area (Å²) in [6.07, 6.45) is 1.61. The first-order valence-electron chi connectivity index (χ1n) is 5.73. The Bertz CT molecular complexity index is 238. The minimum absolute atomic E-state index is 0.242. The summed E-state index contributed by atoms with van der Waals surface area (Å²) in [4.78, 5) is 11.4. The van der Waals surface area contributed by atoms with Gasteiger partial charge in [-0.3, -0.25) is 5.43 Å². The van der Waals surface area contributed by atoms with Gasteiger partial charge in [0.25, 0.3) is 0 Å². The Morgan fingerprint density at radius 2 is 2.12 bits per heavy atom. The highest BCUT2D eigenvalue weighted by Crippen LogP contribution is 2.12. The molecule has 0 aromatic carbocycles. The van der Waals surface area contributed by atoms with Gasteiger partial charge in [-0.05, 0) is 40.5 Å². The molecule has 0 radical (unpaired) electrons. The van der Waals surface area contributed by atoms with Crippen LogP contribution < -0.4 is 10.9 Å². The van der Waals surface area contributed by atoms with Crippen molar-refractivity contribution in [3.8, 4) is 0 Å². The molecule has 16 heavy (non-hydrogen) atoms. The van der Waals surface area contributed by atoms with Crippen molar-refractivity contribution in [2.75, 3.05) is 6.61 Å². The van der Waals surface area contributed by atoms with Gasteiger partial charge in [-0.1, -0.05) is 0 Å². The van der Waals surface area contributed by atoms with Crippen LogP contribution in [0, 0.1) is 0 Å². The third kappa shape index (κ3) is 5.32. The summed E-state index contributed by atoms with van der Waals surface area (Å²) in [7, 11) is 0. The van der Waals surface area contributed by atoms with Gasteiger partial charge in [-0.2, -0.15) is 0 Å². The standard InChI is InChI=1S/C11H22N2O3/c1-8-7-9(5-6-15-8)12-13-10(14)16-11(2,3)4/h8-9,12H,5-7H2,1-4H3,(H,13,14)/t8-,9+/m0/s1. The first kappa shape index (κ1) is 13.3. The lowest BCUT2D eigenvalue weighted by molar-refractivity contribution is 0.00737. The number of ether oxygens (including phenoxy) is 2. The lowest BCUT2D eigenvalue weighted by atomic mass is 10.1. The zero-order chi connectivity index (χ0) is 12.2. The molecule has 1 saturated heterocycles. The Morgan fingerprint density at radius 1 is 1.44 bits per heavy atom. The fourth-order valence-corrected chi connectivity index (χ4v) is 1.59. The number of carbonyl (C=O) groups is 1. The van der Waals surface area contributed by atoms with Crippen LogP contribution in [0.5, 0.6) is 0 Å². The van der Waals surface area contributed by atoms with E-state index in [1.54, 1.807) is 0 Å². The number of hydrazine groups is 1. The average Bonchev–Trinajstić information content (AvgIpc) is 2.12. The van der Waals surface area contributed by atoms with Crippen LogP contribution >= 0.6 is 0 Å². The predicted octanol–water partition coefficient (Wildman–Crippen LogP) is 1.58. The zero-order valence-electron chi connectivity index (χ0n) is 10.5. The van der Waals surface area contributed by atoms with Crippen molar-refractivity contribution < 1.29 is 14.3 Å². The summed E-state index contributed by atoms with van der Waals surface area (Å²) < 4.78 is 10.5. The molecule has 1 fully saturated rings. The third-order valence-corrected chi connectivity index (χ3v) is 2.26. The minimum atomic E-state index is -0.464. The van der Waals surface area contributed by atoms with Crippen molar-refractivity contribution in [3.05, 3.63) is 0 Å². The van der Waals surface area contributed by atoms with Crippen molar-refractivity contribution in [2.24, 2.45) is 0 Å². The number of rotatable bonds is 2. The fraction of sp³-hybridized carbons (Fsp3) is 0.909. The molecule has 0 unspecified atom stereocenters. The van der Waals surface area contributed by atoms with Crippen LogP contribution in [0.4, 0.5) is 4.79 Å². The maximum atomic E-state index is 11.4. The number of hydrogen-bond acceptors (Lipinski definition) is 4. The molecule has 0 bridgehead atoms. The molecule has 0 aromatic rings. The van der Waals surface area contributed by atoms with Crippen LogP contribution in [0.15, 0.2) is 0 Å².